The summed E-state index contributed by atoms with van der Waals surface area (Å²) < 4.78 is 6.46. The normalized spacial score (nSPS) is 12.2. The second-order valence-electron chi connectivity index (χ2n) is 4.04. The summed E-state index contributed by atoms with van der Waals surface area (Å²) in [6.07, 6.45) is 0.943. The van der Waals surface area contributed by atoms with Gasteiger partial charge in [-0.05, 0) is 24.1 Å². The molecule has 94 valence electrons. The van der Waals surface area contributed by atoms with Crippen molar-refractivity contribution in [3.63, 3.8) is 0 Å². The highest BCUT2D eigenvalue weighted by Crippen LogP contribution is 2.35. The van der Waals surface area contributed by atoms with Crippen molar-refractivity contribution in [2.75, 3.05) is 7.11 Å². The van der Waals surface area contributed by atoms with Gasteiger partial charge in [0.15, 0.2) is 0 Å². The van der Waals surface area contributed by atoms with Gasteiger partial charge in [0, 0.05) is 14.9 Å². The Morgan fingerprint density at radius 1 is 1.11 bits per heavy atom. The van der Waals surface area contributed by atoms with Gasteiger partial charge in [0.05, 0.1) is 7.11 Å². The van der Waals surface area contributed by atoms with E-state index in [2.05, 4.69) is 62.2 Å². The Kier molecular flexibility index (Phi) is 4.84. The van der Waals surface area contributed by atoms with Gasteiger partial charge in [-0.3, -0.25) is 0 Å². The van der Waals surface area contributed by atoms with E-state index < -0.39 is 0 Å². The molecule has 1 unspecified atom stereocenters. The molecule has 0 aromatic heterocycles. The quantitative estimate of drug-likeness (QED) is 0.678. The lowest BCUT2D eigenvalue weighted by Crippen LogP contribution is -1.98. The van der Waals surface area contributed by atoms with Crippen LogP contribution in [-0.4, -0.2) is 7.11 Å². The summed E-state index contributed by atoms with van der Waals surface area (Å²) >= 11 is 7.20. The summed E-state index contributed by atoms with van der Waals surface area (Å²) in [6, 6.07) is 16.6. The third-order valence-corrected chi connectivity index (χ3v) is 4.10. The molecule has 2 aromatic carbocycles. The lowest BCUT2D eigenvalue weighted by molar-refractivity contribution is 0.409. The SMILES string of the molecule is COc1cc(Br)ccc1C(Br)Cc1ccccc1. The summed E-state index contributed by atoms with van der Waals surface area (Å²) in [5.74, 6) is 0.905. The topological polar surface area (TPSA) is 9.23 Å². The number of methoxy groups -OCH3 is 1. The number of rotatable bonds is 4. The molecule has 0 saturated carbocycles. The van der Waals surface area contributed by atoms with Gasteiger partial charge in [-0.2, -0.15) is 0 Å². The van der Waals surface area contributed by atoms with Gasteiger partial charge in [0.1, 0.15) is 5.75 Å². The van der Waals surface area contributed by atoms with Crippen LogP contribution in [0.15, 0.2) is 53.0 Å². The van der Waals surface area contributed by atoms with Gasteiger partial charge in [0.25, 0.3) is 0 Å². The minimum atomic E-state index is 0.253. The Bertz CT molecular complexity index is 511. The molecule has 0 saturated heterocycles. The van der Waals surface area contributed by atoms with Crippen molar-refractivity contribution >= 4 is 31.9 Å². The zero-order chi connectivity index (χ0) is 13.0. The average Bonchev–Trinajstić information content (AvgIpc) is 2.39. The smallest absolute Gasteiger partial charge is 0.124 e. The zero-order valence-corrected chi connectivity index (χ0v) is 13.2. The van der Waals surface area contributed by atoms with Crippen LogP contribution in [0.25, 0.3) is 0 Å². The van der Waals surface area contributed by atoms with Crippen LogP contribution in [0.5, 0.6) is 5.75 Å². The van der Waals surface area contributed by atoms with E-state index in [-0.39, 0.29) is 4.83 Å². The Balaban J connectivity index is 2.21. The monoisotopic (exact) mass is 368 g/mol. The molecule has 0 aliphatic carbocycles. The summed E-state index contributed by atoms with van der Waals surface area (Å²) in [5, 5.41) is 0. The number of alkyl halides is 1. The van der Waals surface area contributed by atoms with E-state index in [9.17, 15) is 0 Å². The Morgan fingerprint density at radius 3 is 2.50 bits per heavy atom. The van der Waals surface area contributed by atoms with Gasteiger partial charge in [-0.15, -0.1) is 0 Å². The molecule has 1 atom stereocenters. The first-order chi connectivity index (χ1) is 8.70. The van der Waals surface area contributed by atoms with Crippen molar-refractivity contribution in [1.29, 1.82) is 0 Å². The standard InChI is InChI=1S/C15H14Br2O/c1-18-15-10-12(16)7-8-13(15)14(17)9-11-5-3-2-4-6-11/h2-8,10,14H,9H2,1H3. The molecule has 0 aliphatic heterocycles. The number of ether oxygens (including phenoxy) is 1. The van der Waals surface area contributed by atoms with Gasteiger partial charge >= 0.3 is 0 Å². The van der Waals surface area contributed by atoms with E-state index in [4.69, 9.17) is 4.74 Å². The largest absolute Gasteiger partial charge is 0.496 e. The lowest BCUT2D eigenvalue weighted by atomic mass is 10.0. The molecule has 2 rings (SSSR count). The van der Waals surface area contributed by atoms with Crippen LogP contribution in [0, 0.1) is 0 Å². The lowest BCUT2D eigenvalue weighted by Gasteiger charge is -2.14. The molecular formula is C15H14Br2O. The molecule has 1 nitrogen and oxygen atoms in total. The Labute approximate surface area is 124 Å². The zero-order valence-electron chi connectivity index (χ0n) is 10.1. The minimum absolute atomic E-state index is 0.253. The van der Waals surface area contributed by atoms with Crippen molar-refractivity contribution in [1.82, 2.24) is 0 Å². The van der Waals surface area contributed by atoms with Crippen LogP contribution >= 0.6 is 31.9 Å². The molecular weight excluding hydrogens is 356 g/mol. The maximum Gasteiger partial charge on any atom is 0.124 e. The molecule has 0 spiro atoms. The number of hydrogen-bond acceptors (Lipinski definition) is 1. The fraction of sp³-hybridized carbons (Fsp3) is 0.200. The van der Waals surface area contributed by atoms with Gasteiger partial charge in [-0.1, -0.05) is 68.3 Å². The molecule has 0 fully saturated rings. The molecule has 0 amide bonds. The van der Waals surface area contributed by atoms with Crippen molar-refractivity contribution < 1.29 is 4.74 Å². The van der Waals surface area contributed by atoms with E-state index in [1.54, 1.807) is 7.11 Å². The van der Waals surface area contributed by atoms with Crippen LogP contribution in [0.1, 0.15) is 16.0 Å². The van der Waals surface area contributed by atoms with Crippen molar-refractivity contribution in [3.8, 4) is 5.75 Å². The first-order valence-corrected chi connectivity index (χ1v) is 7.43. The summed E-state index contributed by atoms with van der Waals surface area (Å²) in [7, 11) is 1.70. The summed E-state index contributed by atoms with van der Waals surface area (Å²) in [5.41, 5.74) is 2.48. The summed E-state index contributed by atoms with van der Waals surface area (Å²) in [6.45, 7) is 0. The first kappa shape index (κ1) is 13.6. The fourth-order valence-electron chi connectivity index (χ4n) is 1.87. The second-order valence-corrected chi connectivity index (χ2v) is 6.06. The second kappa shape index (κ2) is 6.39. The maximum atomic E-state index is 5.42. The van der Waals surface area contributed by atoms with E-state index >= 15 is 0 Å². The van der Waals surface area contributed by atoms with Crippen LogP contribution in [0.2, 0.25) is 0 Å². The number of halogens is 2. The van der Waals surface area contributed by atoms with Crippen LogP contribution in [-0.2, 0) is 6.42 Å². The maximum absolute atomic E-state index is 5.42. The predicted octanol–water partition coefficient (Wildman–Crippen LogP) is 5.14. The third kappa shape index (κ3) is 3.36. The van der Waals surface area contributed by atoms with Crippen molar-refractivity contribution in [3.05, 3.63) is 64.1 Å². The highest BCUT2D eigenvalue weighted by Gasteiger charge is 2.13. The molecule has 0 N–H and O–H groups in total. The van der Waals surface area contributed by atoms with Gasteiger partial charge in [-0.25, -0.2) is 0 Å². The van der Waals surface area contributed by atoms with E-state index in [0.717, 1.165) is 16.6 Å². The highest BCUT2D eigenvalue weighted by molar-refractivity contribution is 9.10. The number of hydrogen-bond donors (Lipinski definition) is 0. The molecule has 3 heteroatoms. The molecule has 0 bridgehead atoms. The average molecular weight is 370 g/mol. The Morgan fingerprint density at radius 2 is 1.83 bits per heavy atom. The highest BCUT2D eigenvalue weighted by atomic mass is 79.9. The van der Waals surface area contributed by atoms with Gasteiger partial charge < -0.3 is 4.74 Å². The summed E-state index contributed by atoms with van der Waals surface area (Å²) in [4.78, 5) is 0.253. The van der Waals surface area contributed by atoms with Crippen LogP contribution in [0.3, 0.4) is 0 Å². The van der Waals surface area contributed by atoms with Gasteiger partial charge in [0.2, 0.25) is 0 Å². The molecule has 0 radical (unpaired) electrons. The van der Waals surface area contributed by atoms with Crippen LogP contribution in [0.4, 0.5) is 0 Å². The van der Waals surface area contributed by atoms with Crippen molar-refractivity contribution in [2.45, 2.75) is 11.2 Å². The molecule has 0 aliphatic rings. The third-order valence-electron chi connectivity index (χ3n) is 2.79. The first-order valence-electron chi connectivity index (χ1n) is 5.72. The van der Waals surface area contributed by atoms with E-state index in [1.807, 2.05) is 18.2 Å². The fourth-order valence-corrected chi connectivity index (χ4v) is 2.97. The number of benzene rings is 2. The minimum Gasteiger partial charge on any atom is -0.496 e. The van der Waals surface area contributed by atoms with Crippen LogP contribution < -0.4 is 4.74 Å². The van der Waals surface area contributed by atoms with E-state index in [0.29, 0.717) is 0 Å². The molecule has 18 heavy (non-hydrogen) atoms. The van der Waals surface area contributed by atoms with Crippen molar-refractivity contribution in [2.24, 2.45) is 0 Å². The molecule has 2 aromatic rings. The Hall–Kier alpha value is -0.800. The predicted molar refractivity (Wildman–Crippen MR) is 82.5 cm³/mol. The van der Waals surface area contributed by atoms with E-state index in [1.165, 1.54) is 11.1 Å². The molecule has 0 heterocycles.